The second kappa shape index (κ2) is 4.36. The van der Waals surface area contributed by atoms with Crippen LogP contribution in [0.5, 0.6) is 0 Å². The molecule has 1 saturated heterocycles. The lowest BCUT2D eigenvalue weighted by molar-refractivity contribution is -0.135. The van der Waals surface area contributed by atoms with Crippen molar-refractivity contribution in [3.05, 3.63) is 11.8 Å². The zero-order chi connectivity index (χ0) is 8.97. The minimum Gasteiger partial charge on any atom is -0.493 e. The van der Waals surface area contributed by atoms with Crippen molar-refractivity contribution in [3.8, 4) is 0 Å². The van der Waals surface area contributed by atoms with Crippen molar-refractivity contribution in [2.75, 3.05) is 13.0 Å². The van der Waals surface area contributed by atoms with Gasteiger partial charge in [-0.05, 0) is 6.42 Å². The third kappa shape index (κ3) is 2.41. The van der Waals surface area contributed by atoms with Gasteiger partial charge in [0.25, 0.3) is 0 Å². The van der Waals surface area contributed by atoms with Crippen molar-refractivity contribution in [1.82, 2.24) is 0 Å². The van der Waals surface area contributed by atoms with Crippen molar-refractivity contribution in [2.24, 2.45) is 0 Å². The molecule has 0 aromatic heterocycles. The highest BCUT2D eigenvalue weighted by atomic mass is 35.5. The summed E-state index contributed by atoms with van der Waals surface area (Å²) in [5.41, 5.74) is 0. The maximum absolute atomic E-state index is 10.8. The molecule has 68 valence electrons. The number of carbonyl (C=O) groups excluding carboxylic acids is 1. The zero-order valence-corrected chi connectivity index (χ0v) is 7.63. The van der Waals surface area contributed by atoms with Gasteiger partial charge in [0.2, 0.25) is 0 Å². The highest BCUT2D eigenvalue weighted by Crippen LogP contribution is 2.23. The first kappa shape index (κ1) is 9.39. The molecule has 0 amide bonds. The van der Waals surface area contributed by atoms with E-state index in [2.05, 4.69) is 4.74 Å². The van der Waals surface area contributed by atoms with Crippen LogP contribution >= 0.6 is 11.6 Å². The number of carbonyl (C=O) groups is 1. The van der Waals surface area contributed by atoms with Gasteiger partial charge in [0, 0.05) is 6.42 Å². The minimum absolute atomic E-state index is 0.0579. The molecule has 1 fully saturated rings. The van der Waals surface area contributed by atoms with Gasteiger partial charge in [0.15, 0.2) is 0 Å². The Morgan fingerprint density at radius 1 is 1.92 bits per heavy atom. The van der Waals surface area contributed by atoms with Gasteiger partial charge in [-0.3, -0.25) is 0 Å². The van der Waals surface area contributed by atoms with Crippen LogP contribution in [0, 0.1) is 0 Å². The molecule has 0 aliphatic carbocycles. The van der Waals surface area contributed by atoms with Crippen LogP contribution in [-0.2, 0) is 14.3 Å². The molecular weight excluding hydrogens is 180 g/mol. The molecule has 1 aliphatic heterocycles. The molecule has 1 heterocycles. The summed E-state index contributed by atoms with van der Waals surface area (Å²) in [5, 5.41) is 0. The lowest BCUT2D eigenvalue weighted by Crippen LogP contribution is -2.05. The van der Waals surface area contributed by atoms with Crippen molar-refractivity contribution in [3.63, 3.8) is 0 Å². The van der Waals surface area contributed by atoms with Gasteiger partial charge in [-0.1, -0.05) is 0 Å². The van der Waals surface area contributed by atoms with Crippen molar-refractivity contribution in [2.45, 2.75) is 18.9 Å². The SMILES string of the molecule is COC(=O)C=C1CCC(CCl)O1. The lowest BCUT2D eigenvalue weighted by Gasteiger charge is -2.04. The van der Waals surface area contributed by atoms with E-state index >= 15 is 0 Å². The van der Waals surface area contributed by atoms with Crippen molar-refractivity contribution in [1.29, 1.82) is 0 Å². The molecule has 3 nitrogen and oxygen atoms in total. The van der Waals surface area contributed by atoms with E-state index in [-0.39, 0.29) is 12.1 Å². The van der Waals surface area contributed by atoms with Gasteiger partial charge < -0.3 is 9.47 Å². The molecule has 1 rings (SSSR count). The number of ether oxygens (including phenoxy) is 2. The van der Waals surface area contributed by atoms with E-state index < -0.39 is 0 Å². The lowest BCUT2D eigenvalue weighted by atomic mass is 10.2. The molecule has 0 aromatic rings. The number of halogens is 1. The van der Waals surface area contributed by atoms with E-state index in [0.29, 0.717) is 11.6 Å². The normalized spacial score (nSPS) is 25.5. The largest absolute Gasteiger partial charge is 0.493 e. The molecule has 0 spiro atoms. The molecule has 0 saturated carbocycles. The third-order valence-corrected chi connectivity index (χ3v) is 2.03. The highest BCUT2D eigenvalue weighted by molar-refractivity contribution is 6.18. The van der Waals surface area contributed by atoms with E-state index in [1.54, 1.807) is 0 Å². The molecule has 4 heteroatoms. The van der Waals surface area contributed by atoms with E-state index in [9.17, 15) is 4.79 Å². The van der Waals surface area contributed by atoms with E-state index in [1.165, 1.54) is 13.2 Å². The van der Waals surface area contributed by atoms with Crippen LogP contribution in [0.25, 0.3) is 0 Å². The summed E-state index contributed by atoms with van der Waals surface area (Å²) in [7, 11) is 1.34. The first-order chi connectivity index (χ1) is 5.76. The minimum atomic E-state index is -0.375. The van der Waals surface area contributed by atoms with E-state index in [1.807, 2.05) is 0 Å². The Bertz CT molecular complexity index is 200. The van der Waals surface area contributed by atoms with Crippen molar-refractivity contribution < 1.29 is 14.3 Å². The van der Waals surface area contributed by atoms with Crippen LogP contribution in [0.2, 0.25) is 0 Å². The Kier molecular flexibility index (Phi) is 3.41. The Balaban J connectivity index is 2.45. The number of alkyl halides is 1. The van der Waals surface area contributed by atoms with Crippen LogP contribution in [0.4, 0.5) is 0 Å². The summed E-state index contributed by atoms with van der Waals surface area (Å²) in [6.07, 6.45) is 3.08. The Morgan fingerprint density at radius 3 is 3.17 bits per heavy atom. The zero-order valence-electron chi connectivity index (χ0n) is 6.88. The molecule has 0 radical (unpaired) electrons. The predicted octanol–water partition coefficient (Wildman–Crippen LogP) is 1.46. The molecule has 0 aromatic carbocycles. The van der Waals surface area contributed by atoms with Crippen molar-refractivity contribution >= 4 is 17.6 Å². The van der Waals surface area contributed by atoms with Crippen LogP contribution in [0.3, 0.4) is 0 Å². The maximum atomic E-state index is 10.8. The average molecular weight is 191 g/mol. The first-order valence-electron chi connectivity index (χ1n) is 3.77. The number of rotatable bonds is 2. The first-order valence-corrected chi connectivity index (χ1v) is 4.31. The van der Waals surface area contributed by atoms with Gasteiger partial charge >= 0.3 is 5.97 Å². The third-order valence-electron chi connectivity index (χ3n) is 1.68. The summed E-state index contributed by atoms with van der Waals surface area (Å²) >= 11 is 5.58. The molecule has 0 N–H and O–H groups in total. The van der Waals surface area contributed by atoms with Crippen LogP contribution in [0.1, 0.15) is 12.8 Å². The van der Waals surface area contributed by atoms with Gasteiger partial charge in [-0.25, -0.2) is 4.79 Å². The van der Waals surface area contributed by atoms with E-state index in [0.717, 1.165) is 12.8 Å². The quantitative estimate of drug-likeness (QED) is 0.376. The molecular formula is C8H11ClO3. The summed E-state index contributed by atoms with van der Waals surface area (Å²) in [6.45, 7) is 0. The fourth-order valence-electron chi connectivity index (χ4n) is 1.04. The monoisotopic (exact) mass is 190 g/mol. The number of allylic oxidation sites excluding steroid dienone is 1. The molecule has 1 atom stereocenters. The van der Waals surface area contributed by atoms with Gasteiger partial charge in [-0.15, -0.1) is 11.6 Å². The Labute approximate surface area is 76.3 Å². The second-order valence-corrected chi connectivity index (χ2v) is 2.88. The van der Waals surface area contributed by atoms with Gasteiger partial charge in [-0.2, -0.15) is 0 Å². The molecule has 1 unspecified atom stereocenters. The molecule has 1 aliphatic rings. The fraction of sp³-hybridized carbons (Fsp3) is 0.625. The Hall–Kier alpha value is -0.700. The Morgan fingerprint density at radius 2 is 2.67 bits per heavy atom. The average Bonchev–Trinajstić information content (AvgIpc) is 2.52. The summed E-state index contributed by atoms with van der Waals surface area (Å²) < 4.78 is 9.76. The second-order valence-electron chi connectivity index (χ2n) is 2.57. The van der Waals surface area contributed by atoms with Crippen LogP contribution in [0.15, 0.2) is 11.8 Å². The highest BCUT2D eigenvalue weighted by Gasteiger charge is 2.20. The summed E-state index contributed by atoms with van der Waals surface area (Å²) in [5.74, 6) is 0.770. The number of esters is 1. The fourth-order valence-corrected chi connectivity index (χ4v) is 1.26. The topological polar surface area (TPSA) is 35.5 Å². The standard InChI is InChI=1S/C8H11ClO3/c1-11-8(10)4-6-2-3-7(5-9)12-6/h4,7H,2-3,5H2,1H3. The number of methoxy groups -OCH3 is 1. The van der Waals surface area contributed by atoms with Crippen LogP contribution < -0.4 is 0 Å². The maximum Gasteiger partial charge on any atom is 0.333 e. The number of hydrogen-bond acceptors (Lipinski definition) is 3. The molecule has 12 heavy (non-hydrogen) atoms. The predicted molar refractivity (Wildman–Crippen MR) is 44.9 cm³/mol. The smallest absolute Gasteiger partial charge is 0.333 e. The van der Waals surface area contributed by atoms with E-state index in [4.69, 9.17) is 16.3 Å². The van der Waals surface area contributed by atoms with Gasteiger partial charge in [0.1, 0.15) is 11.9 Å². The number of hydrogen-bond donors (Lipinski definition) is 0. The summed E-state index contributed by atoms with van der Waals surface area (Å²) in [6, 6.07) is 0. The van der Waals surface area contributed by atoms with Gasteiger partial charge in [0.05, 0.1) is 19.1 Å². The summed E-state index contributed by atoms with van der Waals surface area (Å²) in [4.78, 5) is 10.8. The van der Waals surface area contributed by atoms with Crippen LogP contribution in [-0.4, -0.2) is 25.1 Å². The molecule has 0 bridgehead atoms.